The number of anilines is 1. The molecule has 0 unspecified atom stereocenters. The van der Waals surface area contributed by atoms with Crippen molar-refractivity contribution in [2.75, 3.05) is 11.9 Å². The zero-order valence-corrected chi connectivity index (χ0v) is 16.6. The highest BCUT2D eigenvalue weighted by molar-refractivity contribution is 7.13. The van der Waals surface area contributed by atoms with Gasteiger partial charge in [0.15, 0.2) is 6.61 Å². The van der Waals surface area contributed by atoms with Gasteiger partial charge in [0.1, 0.15) is 5.01 Å². The van der Waals surface area contributed by atoms with Crippen molar-refractivity contribution in [3.63, 3.8) is 0 Å². The number of amides is 1. The first-order valence-electron chi connectivity index (χ1n) is 8.40. The van der Waals surface area contributed by atoms with Crippen LogP contribution in [-0.4, -0.2) is 28.5 Å². The molecular formula is C19H13ClF3N3O3S. The van der Waals surface area contributed by atoms with Gasteiger partial charge in [0.05, 0.1) is 28.4 Å². The van der Waals surface area contributed by atoms with Crippen LogP contribution in [0.2, 0.25) is 5.02 Å². The number of alkyl halides is 3. The second kappa shape index (κ2) is 9.23. The van der Waals surface area contributed by atoms with Gasteiger partial charge in [0, 0.05) is 17.3 Å². The van der Waals surface area contributed by atoms with Crippen LogP contribution < -0.4 is 5.32 Å². The number of halogens is 4. The predicted octanol–water partition coefficient (Wildman–Crippen LogP) is 4.60. The summed E-state index contributed by atoms with van der Waals surface area (Å²) in [5.74, 6) is -1.48. The molecule has 1 N–H and O–H groups in total. The van der Waals surface area contributed by atoms with Gasteiger partial charge in [-0.1, -0.05) is 17.7 Å². The molecule has 30 heavy (non-hydrogen) atoms. The van der Waals surface area contributed by atoms with Crippen LogP contribution in [0, 0.1) is 0 Å². The highest BCUT2D eigenvalue weighted by Crippen LogP contribution is 2.36. The van der Waals surface area contributed by atoms with Gasteiger partial charge < -0.3 is 10.1 Å². The Labute approximate surface area is 177 Å². The van der Waals surface area contributed by atoms with Crippen LogP contribution in [0.15, 0.2) is 48.0 Å². The number of carbonyl (C=O) groups is 2. The molecule has 0 spiro atoms. The smallest absolute Gasteiger partial charge is 0.417 e. The fourth-order valence-electron chi connectivity index (χ4n) is 2.36. The summed E-state index contributed by atoms with van der Waals surface area (Å²) in [6.45, 7) is -0.653. The second-order valence-electron chi connectivity index (χ2n) is 5.94. The Bertz CT molecular complexity index is 1060. The summed E-state index contributed by atoms with van der Waals surface area (Å²) in [4.78, 5) is 32.3. The lowest BCUT2D eigenvalue weighted by atomic mass is 10.2. The van der Waals surface area contributed by atoms with E-state index in [1.807, 2.05) is 6.07 Å². The van der Waals surface area contributed by atoms with Gasteiger partial charge in [-0.3, -0.25) is 14.6 Å². The van der Waals surface area contributed by atoms with Crippen molar-refractivity contribution in [2.24, 2.45) is 0 Å². The zero-order valence-electron chi connectivity index (χ0n) is 15.1. The third-order valence-corrected chi connectivity index (χ3v) is 4.92. The number of hydrogen-bond acceptors (Lipinski definition) is 6. The second-order valence-corrected chi connectivity index (χ2v) is 7.20. The largest absolute Gasteiger partial charge is 0.455 e. The molecule has 3 aromatic rings. The molecule has 1 amide bonds. The molecule has 1 aromatic carbocycles. The number of hydrogen-bond donors (Lipinski definition) is 1. The maximum atomic E-state index is 12.9. The number of benzene rings is 1. The Morgan fingerprint density at radius 2 is 2.00 bits per heavy atom. The summed E-state index contributed by atoms with van der Waals surface area (Å²) in [5.41, 5.74) is -0.0697. The lowest BCUT2D eigenvalue weighted by molar-refractivity contribution is -0.146. The lowest BCUT2D eigenvalue weighted by Gasteiger charge is -2.11. The number of ether oxygens (including phenoxy) is 1. The molecule has 0 fully saturated rings. The number of carbonyl (C=O) groups excluding carboxylic acids is 2. The van der Waals surface area contributed by atoms with E-state index in [0.29, 0.717) is 22.5 Å². The summed E-state index contributed by atoms with van der Waals surface area (Å²) < 4.78 is 43.5. The Morgan fingerprint density at radius 3 is 2.70 bits per heavy atom. The van der Waals surface area contributed by atoms with Gasteiger partial charge in [-0.05, 0) is 30.3 Å². The van der Waals surface area contributed by atoms with Gasteiger partial charge in [0.25, 0.3) is 5.91 Å². The van der Waals surface area contributed by atoms with Crippen molar-refractivity contribution in [3.05, 3.63) is 64.3 Å². The molecule has 0 aliphatic carbocycles. The van der Waals surface area contributed by atoms with E-state index in [9.17, 15) is 22.8 Å². The van der Waals surface area contributed by atoms with Gasteiger partial charge in [-0.25, -0.2) is 4.98 Å². The van der Waals surface area contributed by atoms with Crippen LogP contribution in [0.1, 0.15) is 11.3 Å². The average molecular weight is 456 g/mol. The summed E-state index contributed by atoms with van der Waals surface area (Å²) in [6, 6.07) is 8.31. The molecule has 0 aliphatic rings. The standard InChI is InChI=1S/C19H13ClF3N3O3S/c20-14-5-4-11(7-13(14)19(21,22)23)25-16(27)9-29-17(28)8-12-10-30-18(26-12)15-3-1-2-6-24-15/h1-7,10H,8-9H2,(H,25,27). The van der Waals surface area contributed by atoms with E-state index >= 15 is 0 Å². The Hall–Kier alpha value is -2.98. The first-order valence-corrected chi connectivity index (χ1v) is 9.66. The molecule has 156 valence electrons. The van der Waals surface area contributed by atoms with Crippen LogP contribution in [0.25, 0.3) is 10.7 Å². The summed E-state index contributed by atoms with van der Waals surface area (Å²) in [6.07, 6.45) is -3.19. The van der Waals surface area contributed by atoms with E-state index in [2.05, 4.69) is 15.3 Å². The third kappa shape index (κ3) is 5.77. The lowest BCUT2D eigenvalue weighted by Crippen LogP contribution is -2.22. The average Bonchev–Trinajstić information content (AvgIpc) is 3.16. The summed E-state index contributed by atoms with van der Waals surface area (Å²) >= 11 is 6.84. The predicted molar refractivity (Wildman–Crippen MR) is 105 cm³/mol. The molecule has 0 aliphatic heterocycles. The van der Waals surface area contributed by atoms with Crippen LogP contribution in [-0.2, 0) is 26.9 Å². The molecule has 2 aromatic heterocycles. The minimum absolute atomic E-state index is 0.118. The SMILES string of the molecule is O=C(COC(=O)Cc1csc(-c2ccccn2)n1)Nc1ccc(Cl)c(C(F)(F)F)c1. The number of nitrogens with one attached hydrogen (secondary N) is 1. The highest BCUT2D eigenvalue weighted by Gasteiger charge is 2.33. The molecule has 0 atom stereocenters. The van der Waals surface area contributed by atoms with Crippen molar-refractivity contribution >= 4 is 40.5 Å². The van der Waals surface area contributed by atoms with E-state index in [-0.39, 0.29) is 12.1 Å². The zero-order chi connectivity index (χ0) is 21.7. The topological polar surface area (TPSA) is 81.2 Å². The quantitative estimate of drug-likeness (QED) is 0.549. The maximum Gasteiger partial charge on any atom is 0.417 e. The van der Waals surface area contributed by atoms with Crippen LogP contribution in [0.5, 0.6) is 0 Å². The van der Waals surface area contributed by atoms with Gasteiger partial charge in [0.2, 0.25) is 0 Å². The minimum Gasteiger partial charge on any atom is -0.455 e. The number of pyridine rings is 1. The first-order chi connectivity index (χ1) is 14.2. The van der Waals surface area contributed by atoms with Crippen molar-refractivity contribution < 1.29 is 27.5 Å². The van der Waals surface area contributed by atoms with E-state index in [1.54, 1.807) is 23.7 Å². The number of esters is 1. The molecule has 0 saturated carbocycles. The number of thiazole rings is 1. The van der Waals surface area contributed by atoms with Crippen LogP contribution in [0.4, 0.5) is 18.9 Å². The van der Waals surface area contributed by atoms with Crippen molar-refractivity contribution in [1.82, 2.24) is 9.97 Å². The number of nitrogens with zero attached hydrogens (tertiary/aromatic N) is 2. The fourth-order valence-corrected chi connectivity index (χ4v) is 3.38. The Morgan fingerprint density at radius 1 is 1.20 bits per heavy atom. The number of rotatable bonds is 6. The van der Waals surface area contributed by atoms with E-state index < -0.39 is 35.2 Å². The molecule has 11 heteroatoms. The Balaban J connectivity index is 1.52. The number of aromatic nitrogens is 2. The highest BCUT2D eigenvalue weighted by atomic mass is 35.5. The van der Waals surface area contributed by atoms with E-state index in [4.69, 9.17) is 16.3 Å². The molecule has 0 bridgehead atoms. The van der Waals surface area contributed by atoms with Crippen molar-refractivity contribution in [1.29, 1.82) is 0 Å². The first kappa shape index (κ1) is 21.7. The third-order valence-electron chi connectivity index (χ3n) is 3.68. The van der Waals surface area contributed by atoms with Crippen LogP contribution in [0.3, 0.4) is 0 Å². The molecule has 6 nitrogen and oxygen atoms in total. The molecular weight excluding hydrogens is 443 g/mol. The van der Waals surface area contributed by atoms with E-state index in [1.165, 1.54) is 17.4 Å². The van der Waals surface area contributed by atoms with Crippen molar-refractivity contribution in [3.8, 4) is 10.7 Å². The summed E-state index contributed by atoms with van der Waals surface area (Å²) in [7, 11) is 0. The minimum atomic E-state index is -4.66. The molecule has 2 heterocycles. The van der Waals surface area contributed by atoms with Gasteiger partial charge in [-0.2, -0.15) is 13.2 Å². The Kier molecular flexibility index (Phi) is 6.68. The van der Waals surface area contributed by atoms with Crippen molar-refractivity contribution in [2.45, 2.75) is 12.6 Å². The molecule has 0 saturated heterocycles. The fraction of sp³-hybridized carbons (Fsp3) is 0.158. The monoisotopic (exact) mass is 455 g/mol. The summed E-state index contributed by atoms with van der Waals surface area (Å²) in [5, 5.41) is 4.06. The normalized spacial score (nSPS) is 11.2. The molecule has 3 rings (SSSR count). The molecule has 0 radical (unpaired) electrons. The maximum absolute atomic E-state index is 12.9. The van der Waals surface area contributed by atoms with Gasteiger partial charge in [-0.15, -0.1) is 11.3 Å². The van der Waals surface area contributed by atoms with Gasteiger partial charge >= 0.3 is 12.1 Å². The van der Waals surface area contributed by atoms with E-state index in [0.717, 1.165) is 6.07 Å². The van der Waals surface area contributed by atoms with Crippen LogP contribution >= 0.6 is 22.9 Å².